The van der Waals surface area contributed by atoms with Gasteiger partial charge in [-0.1, -0.05) is 0 Å². The van der Waals surface area contributed by atoms with Crippen LogP contribution >= 0.6 is 0 Å². The molecule has 0 amide bonds. The Morgan fingerprint density at radius 3 is 1.00 bits per heavy atom. The van der Waals surface area contributed by atoms with Crippen LogP contribution in [0.5, 0.6) is 0 Å². The van der Waals surface area contributed by atoms with E-state index in [4.69, 9.17) is 34.9 Å². The quantitative estimate of drug-likeness (QED) is 0.185. The molecule has 0 saturated heterocycles. The van der Waals surface area contributed by atoms with Crippen molar-refractivity contribution in [3.63, 3.8) is 0 Å². The van der Waals surface area contributed by atoms with Gasteiger partial charge in [-0.25, -0.2) is 9.59 Å². The number of aliphatic carboxylic acids is 2. The minimum atomic E-state index is -2.17. The van der Waals surface area contributed by atoms with Crippen LogP contribution in [0.3, 0.4) is 0 Å². The lowest BCUT2D eigenvalue weighted by molar-refractivity contribution is -0.159. The molecule has 0 spiro atoms. The Labute approximate surface area is 55.3 Å². The highest BCUT2D eigenvalue weighted by atomic mass is 16.5. The molecule has 0 heterocycles. The zero-order valence-electron chi connectivity index (χ0n) is 4.63. The van der Waals surface area contributed by atoms with Crippen molar-refractivity contribution in [2.24, 2.45) is 0 Å². The molecular formula is C2H5BO7. The first-order valence-electron chi connectivity index (χ1n) is 1.88. The molecule has 0 bridgehead atoms. The first-order valence-corrected chi connectivity index (χ1v) is 1.88. The van der Waals surface area contributed by atoms with E-state index in [1.54, 1.807) is 0 Å². The summed E-state index contributed by atoms with van der Waals surface area (Å²) in [7, 11) is -2.17. The van der Waals surface area contributed by atoms with Crippen molar-refractivity contribution in [3.05, 3.63) is 0 Å². The molecule has 0 radical (unpaired) electrons. The van der Waals surface area contributed by atoms with E-state index in [-0.39, 0.29) is 0 Å². The lowest BCUT2D eigenvalue weighted by Gasteiger charge is -1.72. The van der Waals surface area contributed by atoms with Crippen LogP contribution in [-0.2, 0) is 9.59 Å². The maximum absolute atomic E-state index is 9.10. The van der Waals surface area contributed by atoms with Gasteiger partial charge < -0.3 is 25.3 Å². The molecule has 0 aromatic rings. The van der Waals surface area contributed by atoms with Crippen LogP contribution < -0.4 is 0 Å². The van der Waals surface area contributed by atoms with E-state index in [1.807, 2.05) is 0 Å². The van der Waals surface area contributed by atoms with Crippen LogP contribution in [0.15, 0.2) is 0 Å². The van der Waals surface area contributed by atoms with Gasteiger partial charge in [0, 0.05) is 0 Å². The lowest BCUT2D eigenvalue weighted by atomic mass is 10.3. The standard InChI is InChI=1S/C2H2O4.BH3O3/c3-1(4)2(5)6;2-1(3)4/h(H,3,4)(H,5,6);2-4H. The average molecular weight is 152 g/mol. The van der Waals surface area contributed by atoms with E-state index in [9.17, 15) is 0 Å². The highest BCUT2D eigenvalue weighted by molar-refractivity contribution is 6.30. The van der Waals surface area contributed by atoms with E-state index in [0.717, 1.165) is 0 Å². The fraction of sp³-hybridized carbons (Fsp3) is 0. The monoisotopic (exact) mass is 152 g/mol. The van der Waals surface area contributed by atoms with Gasteiger partial charge in [-0.3, -0.25) is 0 Å². The number of rotatable bonds is 0. The zero-order chi connectivity index (χ0) is 8.73. The predicted octanol–water partition coefficient (Wildman–Crippen LogP) is -2.90. The molecule has 0 aromatic heterocycles. The summed E-state index contributed by atoms with van der Waals surface area (Å²) in [5.74, 6) is -3.65. The normalized spacial score (nSPS) is 7.10. The van der Waals surface area contributed by atoms with E-state index in [2.05, 4.69) is 0 Å². The molecule has 0 aromatic carbocycles. The molecule has 10 heavy (non-hydrogen) atoms. The molecule has 0 aliphatic carbocycles. The van der Waals surface area contributed by atoms with Crippen molar-refractivity contribution in [1.29, 1.82) is 0 Å². The Morgan fingerprint density at radius 2 is 1.00 bits per heavy atom. The molecule has 0 rings (SSSR count). The van der Waals surface area contributed by atoms with Crippen LogP contribution in [-0.4, -0.2) is 44.5 Å². The minimum absolute atomic E-state index is 1.82. The Hall–Kier alpha value is -1.12. The fourth-order valence-corrected chi connectivity index (χ4v) is 0. The summed E-state index contributed by atoms with van der Waals surface area (Å²) >= 11 is 0. The lowest BCUT2D eigenvalue weighted by Crippen LogP contribution is -2.09. The number of carboxylic acids is 2. The van der Waals surface area contributed by atoms with Gasteiger partial charge in [0.1, 0.15) is 0 Å². The first kappa shape index (κ1) is 11.7. The third-order valence-electron chi connectivity index (χ3n) is 0.183. The Morgan fingerprint density at radius 1 is 0.900 bits per heavy atom. The van der Waals surface area contributed by atoms with Crippen molar-refractivity contribution in [1.82, 2.24) is 0 Å². The second-order valence-corrected chi connectivity index (χ2v) is 0.957. The van der Waals surface area contributed by atoms with Gasteiger partial charge in [-0.2, -0.15) is 0 Å². The topological polar surface area (TPSA) is 135 Å². The average Bonchev–Trinajstić information content (AvgIpc) is 1.63. The molecule has 5 N–H and O–H groups in total. The number of hydrogen-bond donors (Lipinski definition) is 5. The van der Waals surface area contributed by atoms with Gasteiger partial charge in [-0.05, 0) is 0 Å². The highest BCUT2D eigenvalue weighted by Crippen LogP contribution is 1.56. The molecule has 0 atom stereocenters. The van der Waals surface area contributed by atoms with Gasteiger partial charge >= 0.3 is 19.3 Å². The predicted molar refractivity (Wildman–Crippen MR) is 27.7 cm³/mol. The Kier molecular flexibility index (Phi) is 7.01. The van der Waals surface area contributed by atoms with Crippen molar-refractivity contribution in [2.45, 2.75) is 0 Å². The third-order valence-corrected chi connectivity index (χ3v) is 0.183. The third kappa shape index (κ3) is 28.6. The van der Waals surface area contributed by atoms with Gasteiger partial charge in [0.25, 0.3) is 0 Å². The molecule has 0 aliphatic heterocycles. The van der Waals surface area contributed by atoms with E-state index in [0.29, 0.717) is 0 Å². The molecule has 0 aliphatic rings. The first-order chi connectivity index (χ1) is 4.37. The van der Waals surface area contributed by atoms with Gasteiger partial charge in [0.05, 0.1) is 0 Å². The Bertz CT molecular complexity index is 104. The van der Waals surface area contributed by atoms with Crippen molar-refractivity contribution < 1.29 is 34.9 Å². The largest absolute Gasteiger partial charge is 0.631 e. The highest BCUT2D eigenvalue weighted by Gasteiger charge is 2.04. The summed E-state index contributed by atoms with van der Waals surface area (Å²) < 4.78 is 0. The molecule has 58 valence electrons. The summed E-state index contributed by atoms with van der Waals surface area (Å²) in [5.41, 5.74) is 0. The van der Waals surface area contributed by atoms with Crippen LogP contribution in [0, 0.1) is 0 Å². The van der Waals surface area contributed by atoms with Crippen LogP contribution in [0.2, 0.25) is 0 Å². The molecular weight excluding hydrogens is 147 g/mol. The number of carbonyl (C=O) groups is 2. The van der Waals surface area contributed by atoms with Crippen LogP contribution in [0.25, 0.3) is 0 Å². The maximum Gasteiger partial charge on any atom is 0.631 e. The minimum Gasteiger partial charge on any atom is -0.473 e. The van der Waals surface area contributed by atoms with Crippen LogP contribution in [0.4, 0.5) is 0 Å². The fourth-order valence-electron chi connectivity index (χ4n) is 0. The van der Waals surface area contributed by atoms with E-state index in [1.165, 1.54) is 0 Å². The molecule has 0 saturated carbocycles. The van der Waals surface area contributed by atoms with E-state index >= 15 is 0 Å². The van der Waals surface area contributed by atoms with Crippen molar-refractivity contribution in [2.75, 3.05) is 0 Å². The second kappa shape index (κ2) is 6.01. The Balaban J connectivity index is 0. The molecule has 8 heteroatoms. The smallest absolute Gasteiger partial charge is 0.473 e. The summed E-state index contributed by atoms with van der Waals surface area (Å²) in [6.45, 7) is 0. The summed E-state index contributed by atoms with van der Waals surface area (Å²) in [6.07, 6.45) is 0. The maximum atomic E-state index is 9.10. The molecule has 7 nitrogen and oxygen atoms in total. The number of carboxylic acid groups (broad SMARTS) is 2. The SMILES string of the molecule is O=C(O)C(=O)O.OB(O)O. The van der Waals surface area contributed by atoms with Crippen molar-refractivity contribution in [3.8, 4) is 0 Å². The summed E-state index contributed by atoms with van der Waals surface area (Å²) in [6, 6.07) is 0. The second-order valence-electron chi connectivity index (χ2n) is 0.957. The van der Waals surface area contributed by atoms with Gasteiger partial charge in [0.15, 0.2) is 0 Å². The zero-order valence-corrected chi connectivity index (χ0v) is 4.63. The summed E-state index contributed by atoms with van der Waals surface area (Å²) in [5, 5.41) is 36.3. The molecule has 0 fully saturated rings. The summed E-state index contributed by atoms with van der Waals surface area (Å²) in [4.78, 5) is 18.2. The van der Waals surface area contributed by atoms with Gasteiger partial charge in [-0.15, -0.1) is 0 Å². The van der Waals surface area contributed by atoms with Crippen molar-refractivity contribution >= 4 is 19.3 Å². The number of hydrogen-bond acceptors (Lipinski definition) is 5. The van der Waals surface area contributed by atoms with E-state index < -0.39 is 19.3 Å². The molecule has 0 unspecified atom stereocenters. The van der Waals surface area contributed by atoms with Crippen LogP contribution in [0.1, 0.15) is 0 Å². The van der Waals surface area contributed by atoms with Gasteiger partial charge in [0.2, 0.25) is 0 Å².